The molecule has 1 fully saturated rings. The van der Waals surface area contributed by atoms with Gasteiger partial charge in [0, 0.05) is 24.0 Å². The van der Waals surface area contributed by atoms with Crippen LogP contribution in [-0.4, -0.2) is 29.0 Å². The Hall–Kier alpha value is -0.450. The first kappa shape index (κ1) is 12.0. The first-order valence-electron chi connectivity index (χ1n) is 5.88. The molecule has 0 radical (unpaired) electrons. The van der Waals surface area contributed by atoms with Crippen LogP contribution in [0.25, 0.3) is 0 Å². The summed E-state index contributed by atoms with van der Waals surface area (Å²) in [5, 5.41) is 3.30. The summed E-state index contributed by atoms with van der Waals surface area (Å²) in [6.45, 7) is 6.04. The van der Waals surface area contributed by atoms with Crippen LogP contribution in [0.1, 0.15) is 30.5 Å². The molecule has 1 aromatic rings. The van der Waals surface area contributed by atoms with Crippen molar-refractivity contribution < 1.29 is 0 Å². The topological polar surface area (TPSA) is 42.2 Å². The lowest BCUT2D eigenvalue weighted by atomic mass is 9.68. The highest BCUT2D eigenvalue weighted by Crippen LogP contribution is 2.41. The van der Waals surface area contributed by atoms with Gasteiger partial charge in [-0.05, 0) is 32.7 Å². The van der Waals surface area contributed by atoms with Gasteiger partial charge in [0.1, 0.15) is 0 Å². The largest absolute Gasteiger partial charge is 0.329 e. The van der Waals surface area contributed by atoms with Gasteiger partial charge in [0.05, 0.1) is 10.7 Å². The fraction of sp³-hybridized carbons (Fsp3) is 0.750. The second kappa shape index (κ2) is 4.43. The number of thiazole rings is 1. The van der Waals surface area contributed by atoms with E-state index in [0.717, 1.165) is 24.0 Å². The highest BCUT2D eigenvalue weighted by molar-refractivity contribution is 7.09. The van der Waals surface area contributed by atoms with Crippen molar-refractivity contribution >= 4 is 11.3 Å². The van der Waals surface area contributed by atoms with E-state index in [1.54, 1.807) is 11.3 Å². The van der Waals surface area contributed by atoms with Crippen molar-refractivity contribution in [2.45, 2.75) is 38.8 Å². The Kier molecular flexibility index (Phi) is 3.33. The molecule has 0 unspecified atom stereocenters. The predicted octanol–water partition coefficient (Wildman–Crippen LogP) is 2.01. The van der Waals surface area contributed by atoms with Crippen LogP contribution in [0.15, 0.2) is 5.38 Å². The monoisotopic (exact) mass is 239 g/mol. The molecule has 4 heteroatoms. The maximum Gasteiger partial charge on any atom is 0.0897 e. The highest BCUT2D eigenvalue weighted by Gasteiger charge is 2.43. The van der Waals surface area contributed by atoms with E-state index >= 15 is 0 Å². The third-order valence-electron chi connectivity index (χ3n) is 3.71. The second-order valence-electron chi connectivity index (χ2n) is 5.16. The van der Waals surface area contributed by atoms with Crippen molar-refractivity contribution in [1.82, 2.24) is 9.88 Å². The molecule has 0 atom stereocenters. The van der Waals surface area contributed by atoms with Crippen molar-refractivity contribution in [1.29, 1.82) is 0 Å². The molecule has 90 valence electrons. The van der Waals surface area contributed by atoms with Crippen molar-refractivity contribution in [3.05, 3.63) is 16.1 Å². The van der Waals surface area contributed by atoms with E-state index in [0.29, 0.717) is 0 Å². The highest BCUT2D eigenvalue weighted by atomic mass is 32.1. The summed E-state index contributed by atoms with van der Waals surface area (Å²) in [6.07, 6.45) is 2.45. The minimum absolute atomic E-state index is 0.233. The van der Waals surface area contributed by atoms with Crippen molar-refractivity contribution in [3.63, 3.8) is 0 Å². The van der Waals surface area contributed by atoms with Crippen LogP contribution >= 0.6 is 11.3 Å². The molecular weight excluding hydrogens is 218 g/mol. The zero-order chi connectivity index (χ0) is 11.8. The molecule has 0 amide bonds. The lowest BCUT2D eigenvalue weighted by molar-refractivity contribution is -0.000360. The number of aryl methyl sites for hydroxylation is 1. The van der Waals surface area contributed by atoms with Crippen LogP contribution in [0.5, 0.6) is 0 Å². The van der Waals surface area contributed by atoms with Gasteiger partial charge in [-0.15, -0.1) is 11.3 Å². The third-order valence-corrected chi connectivity index (χ3v) is 4.53. The summed E-state index contributed by atoms with van der Waals surface area (Å²) in [4.78, 5) is 6.90. The number of hydrogen-bond acceptors (Lipinski definition) is 4. The van der Waals surface area contributed by atoms with Gasteiger partial charge in [0.25, 0.3) is 0 Å². The van der Waals surface area contributed by atoms with Crippen LogP contribution in [0.3, 0.4) is 0 Å². The molecule has 0 saturated heterocycles. The van der Waals surface area contributed by atoms with Crippen LogP contribution in [0.4, 0.5) is 0 Å². The second-order valence-corrected chi connectivity index (χ2v) is 6.22. The number of nitrogens with two attached hydrogens (primary N) is 1. The Morgan fingerprint density at radius 3 is 2.75 bits per heavy atom. The molecular formula is C12H21N3S. The van der Waals surface area contributed by atoms with E-state index < -0.39 is 0 Å². The standard InChI is InChI=1S/C12H21N3S/c1-9-4-12(5-9,8-13)15(3)6-11-7-16-10(2)14-11/h7,9H,4-6,8,13H2,1-3H3. The minimum Gasteiger partial charge on any atom is -0.329 e. The van der Waals surface area contributed by atoms with Crippen LogP contribution in [-0.2, 0) is 6.54 Å². The molecule has 2 N–H and O–H groups in total. The maximum atomic E-state index is 5.93. The number of nitrogens with zero attached hydrogens (tertiary/aromatic N) is 2. The fourth-order valence-corrected chi connectivity index (χ4v) is 3.37. The summed E-state index contributed by atoms with van der Waals surface area (Å²) in [7, 11) is 2.17. The zero-order valence-electron chi connectivity index (χ0n) is 10.4. The number of aromatic nitrogens is 1. The van der Waals surface area contributed by atoms with Crippen molar-refractivity contribution in [3.8, 4) is 0 Å². The number of likely N-dealkylation sites (N-methyl/N-ethyl adjacent to an activating group) is 1. The lowest BCUT2D eigenvalue weighted by Gasteiger charge is -2.51. The molecule has 0 bridgehead atoms. The lowest BCUT2D eigenvalue weighted by Crippen LogP contribution is -2.59. The van der Waals surface area contributed by atoms with E-state index in [1.807, 2.05) is 0 Å². The summed E-state index contributed by atoms with van der Waals surface area (Å²) < 4.78 is 0. The van der Waals surface area contributed by atoms with Crippen molar-refractivity contribution in [2.75, 3.05) is 13.6 Å². The first-order chi connectivity index (χ1) is 7.55. The molecule has 1 aliphatic carbocycles. The van der Waals surface area contributed by atoms with Gasteiger partial charge in [-0.2, -0.15) is 0 Å². The average Bonchev–Trinajstić information content (AvgIpc) is 2.58. The van der Waals surface area contributed by atoms with E-state index in [4.69, 9.17) is 5.73 Å². The Morgan fingerprint density at radius 1 is 1.62 bits per heavy atom. The molecule has 16 heavy (non-hydrogen) atoms. The molecule has 1 aromatic heterocycles. The Bertz CT molecular complexity index is 355. The molecule has 0 aromatic carbocycles. The fourth-order valence-electron chi connectivity index (χ4n) is 2.76. The predicted molar refractivity (Wildman–Crippen MR) is 68.5 cm³/mol. The average molecular weight is 239 g/mol. The van der Waals surface area contributed by atoms with Gasteiger partial charge in [-0.25, -0.2) is 4.98 Å². The molecule has 0 spiro atoms. The van der Waals surface area contributed by atoms with E-state index in [2.05, 4.69) is 36.2 Å². The summed E-state index contributed by atoms with van der Waals surface area (Å²) >= 11 is 1.72. The number of hydrogen-bond donors (Lipinski definition) is 1. The van der Waals surface area contributed by atoms with E-state index in [-0.39, 0.29) is 5.54 Å². The summed E-state index contributed by atoms with van der Waals surface area (Å²) in [5.41, 5.74) is 7.34. The number of rotatable bonds is 4. The zero-order valence-corrected chi connectivity index (χ0v) is 11.2. The molecule has 1 heterocycles. The third kappa shape index (κ3) is 2.14. The molecule has 0 aliphatic heterocycles. The molecule has 3 nitrogen and oxygen atoms in total. The molecule has 2 rings (SSSR count). The summed E-state index contributed by atoms with van der Waals surface area (Å²) in [5.74, 6) is 0.822. The smallest absolute Gasteiger partial charge is 0.0897 e. The summed E-state index contributed by atoms with van der Waals surface area (Å²) in [6, 6.07) is 0. The van der Waals surface area contributed by atoms with Gasteiger partial charge in [0.2, 0.25) is 0 Å². The quantitative estimate of drug-likeness (QED) is 0.874. The van der Waals surface area contributed by atoms with Gasteiger partial charge < -0.3 is 5.73 Å². The molecule has 1 aliphatic rings. The van der Waals surface area contributed by atoms with Crippen LogP contribution in [0, 0.1) is 12.8 Å². The maximum absolute atomic E-state index is 5.93. The Morgan fingerprint density at radius 2 is 2.31 bits per heavy atom. The van der Waals surface area contributed by atoms with Crippen molar-refractivity contribution in [2.24, 2.45) is 11.7 Å². The van der Waals surface area contributed by atoms with Gasteiger partial charge in [0.15, 0.2) is 0 Å². The van der Waals surface area contributed by atoms with Gasteiger partial charge >= 0.3 is 0 Å². The van der Waals surface area contributed by atoms with Gasteiger partial charge in [-0.1, -0.05) is 6.92 Å². The first-order valence-corrected chi connectivity index (χ1v) is 6.76. The molecule has 1 saturated carbocycles. The van der Waals surface area contributed by atoms with E-state index in [1.165, 1.54) is 18.5 Å². The Labute approximate surface area is 102 Å². The van der Waals surface area contributed by atoms with Crippen LogP contribution < -0.4 is 5.73 Å². The normalized spacial score (nSPS) is 29.4. The minimum atomic E-state index is 0.233. The van der Waals surface area contributed by atoms with Crippen LogP contribution in [0.2, 0.25) is 0 Å². The van der Waals surface area contributed by atoms with E-state index in [9.17, 15) is 0 Å². The Balaban J connectivity index is 1.99. The van der Waals surface area contributed by atoms with Gasteiger partial charge in [-0.3, -0.25) is 4.90 Å². The SMILES string of the molecule is Cc1nc(CN(C)C2(CN)CC(C)C2)cs1.